The summed E-state index contributed by atoms with van der Waals surface area (Å²) >= 11 is 0. The molecule has 220 valence electrons. The number of hydrogen-bond acceptors (Lipinski definition) is 9. The van der Waals surface area contributed by atoms with Gasteiger partial charge in [-0.15, -0.1) is 0 Å². The molecule has 0 aliphatic rings. The van der Waals surface area contributed by atoms with E-state index in [-0.39, 0.29) is 13.2 Å². The molecule has 0 aliphatic carbocycles. The zero-order valence-corrected chi connectivity index (χ0v) is 24.9. The summed E-state index contributed by atoms with van der Waals surface area (Å²) in [6.07, 6.45) is 1.06. The molecule has 4 N–H and O–H groups in total. The number of rotatable bonds is 20. The van der Waals surface area contributed by atoms with Gasteiger partial charge in [0.15, 0.2) is 0 Å². The Morgan fingerprint density at radius 3 is 1.33 bits per heavy atom. The molecule has 0 saturated heterocycles. The maximum atomic E-state index is 14.2. The van der Waals surface area contributed by atoms with Crippen molar-refractivity contribution in [3.05, 3.63) is 71.8 Å². The van der Waals surface area contributed by atoms with Gasteiger partial charge in [0.2, 0.25) is 0 Å². The molecule has 0 amide bonds. The Kier molecular flexibility index (Phi) is 14.3. The predicted molar refractivity (Wildman–Crippen MR) is 153 cm³/mol. The minimum absolute atomic E-state index is 0.0355. The van der Waals surface area contributed by atoms with Gasteiger partial charge in [-0.2, -0.15) is 0 Å². The highest BCUT2D eigenvalue weighted by molar-refractivity contribution is 7.53. The van der Waals surface area contributed by atoms with Crippen LogP contribution in [0.25, 0.3) is 0 Å². The fourth-order valence-corrected chi connectivity index (χ4v) is 6.89. The van der Waals surface area contributed by atoms with Gasteiger partial charge in [-0.05, 0) is 36.8 Å². The Hall–Kier alpha value is -1.65. The van der Waals surface area contributed by atoms with E-state index in [2.05, 4.69) is 0 Å². The van der Waals surface area contributed by atoms with Gasteiger partial charge >= 0.3 is 7.60 Å². The van der Waals surface area contributed by atoms with Gasteiger partial charge < -0.3 is 19.1 Å². The van der Waals surface area contributed by atoms with Crippen molar-refractivity contribution in [3.8, 4) is 0 Å². The molecule has 0 radical (unpaired) electrons. The lowest BCUT2D eigenvalue weighted by molar-refractivity contribution is -0.164. The molecule has 39 heavy (non-hydrogen) atoms. The van der Waals surface area contributed by atoms with E-state index in [0.717, 1.165) is 11.1 Å². The third kappa shape index (κ3) is 9.74. The van der Waals surface area contributed by atoms with Gasteiger partial charge in [0.05, 0.1) is 25.4 Å². The van der Waals surface area contributed by atoms with Crippen LogP contribution >= 0.6 is 7.60 Å². The third-order valence-electron chi connectivity index (χ3n) is 7.05. The van der Waals surface area contributed by atoms with E-state index in [1.165, 1.54) is 6.66 Å². The van der Waals surface area contributed by atoms with Crippen molar-refractivity contribution in [2.75, 3.05) is 19.9 Å². The normalized spacial score (nSPS) is 18.0. The second kappa shape index (κ2) is 16.6. The number of hydrogen-bond donors (Lipinski definition) is 2. The minimum atomic E-state index is -3.78. The van der Waals surface area contributed by atoms with Crippen LogP contribution in [0.4, 0.5) is 0 Å². The van der Waals surface area contributed by atoms with Crippen LogP contribution in [0, 0.1) is 0 Å². The van der Waals surface area contributed by atoms with Crippen LogP contribution in [0.5, 0.6) is 0 Å². The monoisotopic (exact) mass is 566 g/mol. The van der Waals surface area contributed by atoms with Crippen molar-refractivity contribution in [3.63, 3.8) is 0 Å². The Morgan fingerprint density at radius 1 is 0.692 bits per heavy atom. The summed E-state index contributed by atoms with van der Waals surface area (Å²) in [5.74, 6) is 11.1. The predicted octanol–water partition coefficient (Wildman–Crippen LogP) is 5.91. The van der Waals surface area contributed by atoms with Crippen molar-refractivity contribution in [1.82, 2.24) is 0 Å². The number of nitrogens with two attached hydrogens (primary N) is 2. The van der Waals surface area contributed by atoms with Crippen LogP contribution in [-0.4, -0.2) is 43.3 Å². The first-order valence-corrected chi connectivity index (χ1v) is 15.7. The third-order valence-corrected chi connectivity index (χ3v) is 8.44. The molecular formula is C29H47N2O7P. The molecule has 2 aromatic rings. The van der Waals surface area contributed by atoms with Crippen LogP contribution in [0.3, 0.4) is 0 Å². The molecule has 0 fully saturated rings. The first-order chi connectivity index (χ1) is 18.7. The Morgan fingerprint density at radius 2 is 1.05 bits per heavy atom. The van der Waals surface area contributed by atoms with Gasteiger partial charge in [0.1, 0.15) is 24.4 Å². The standard InChI is InChI=1S/C29H47N2O7P/c1-6-26(33-20-24-16-12-10-13-17-24)28(8-3,22-35-30)37-39(5,32)38-29(9-4,23-36-31)27(7-2)34-21-25-18-14-11-15-19-25/h10-19,26-27H,6-9,20-23,30-31H2,1-5H3. The van der Waals surface area contributed by atoms with E-state index >= 15 is 0 Å². The summed E-state index contributed by atoms with van der Waals surface area (Å²) in [5.41, 5.74) is -0.231. The fourth-order valence-electron chi connectivity index (χ4n) is 4.93. The van der Waals surface area contributed by atoms with Crippen LogP contribution < -0.4 is 11.8 Å². The maximum absolute atomic E-state index is 14.2. The quantitative estimate of drug-likeness (QED) is 0.149. The Balaban J connectivity index is 2.30. The van der Waals surface area contributed by atoms with Gasteiger partial charge in [-0.1, -0.05) is 88.4 Å². The summed E-state index contributed by atoms with van der Waals surface area (Å²) in [6, 6.07) is 19.6. The lowest BCUT2D eigenvalue weighted by Crippen LogP contribution is -2.52. The van der Waals surface area contributed by atoms with E-state index in [1.807, 2.05) is 88.4 Å². The Labute approximate surface area is 233 Å². The molecule has 2 rings (SSSR count). The van der Waals surface area contributed by atoms with E-state index in [1.54, 1.807) is 0 Å². The lowest BCUT2D eigenvalue weighted by Gasteiger charge is -2.44. The molecule has 9 nitrogen and oxygen atoms in total. The second-order valence-electron chi connectivity index (χ2n) is 9.80. The summed E-state index contributed by atoms with van der Waals surface area (Å²) in [5, 5.41) is 0. The summed E-state index contributed by atoms with van der Waals surface area (Å²) < 4.78 is 39.5. The molecule has 0 heterocycles. The van der Waals surface area contributed by atoms with Crippen LogP contribution in [-0.2, 0) is 46.0 Å². The highest BCUT2D eigenvalue weighted by atomic mass is 31.2. The van der Waals surface area contributed by atoms with Gasteiger partial charge in [-0.25, -0.2) is 11.8 Å². The molecule has 0 spiro atoms. The van der Waals surface area contributed by atoms with Gasteiger partial charge in [0.25, 0.3) is 0 Å². The van der Waals surface area contributed by atoms with Crippen molar-refractivity contribution in [2.24, 2.45) is 11.8 Å². The SMILES string of the molecule is CCC(OCc1ccccc1)C(CC)(CON)OP(C)(=O)OC(CC)(CON)C(CC)OCc1ccccc1. The summed E-state index contributed by atoms with van der Waals surface area (Å²) in [6.45, 7) is 9.88. The number of ether oxygens (including phenoxy) is 2. The average Bonchev–Trinajstić information content (AvgIpc) is 2.94. The molecule has 4 unspecified atom stereocenters. The maximum Gasteiger partial charge on any atom is 0.329 e. The molecule has 2 aromatic carbocycles. The topological polar surface area (TPSA) is 124 Å². The van der Waals surface area contributed by atoms with Crippen LogP contribution in [0.15, 0.2) is 60.7 Å². The first-order valence-electron chi connectivity index (χ1n) is 13.7. The van der Waals surface area contributed by atoms with Crippen molar-refractivity contribution < 1.29 is 32.8 Å². The van der Waals surface area contributed by atoms with Crippen molar-refractivity contribution >= 4 is 7.60 Å². The molecule has 0 aromatic heterocycles. The number of benzene rings is 2. The van der Waals surface area contributed by atoms with E-state index in [4.69, 9.17) is 40.0 Å². The first kappa shape index (κ1) is 33.6. The largest absolute Gasteiger partial charge is 0.370 e. The van der Waals surface area contributed by atoms with Crippen LogP contribution in [0.1, 0.15) is 64.5 Å². The van der Waals surface area contributed by atoms with Crippen molar-refractivity contribution in [2.45, 2.75) is 90.0 Å². The minimum Gasteiger partial charge on any atom is -0.370 e. The van der Waals surface area contributed by atoms with Gasteiger partial charge in [-0.3, -0.25) is 13.6 Å². The van der Waals surface area contributed by atoms with E-state index < -0.39 is 31.0 Å². The second-order valence-corrected chi connectivity index (χ2v) is 11.7. The molecule has 0 bridgehead atoms. The summed E-state index contributed by atoms with van der Waals surface area (Å²) in [4.78, 5) is 10.2. The lowest BCUT2D eigenvalue weighted by atomic mass is 9.92. The van der Waals surface area contributed by atoms with E-state index in [9.17, 15) is 4.57 Å². The van der Waals surface area contributed by atoms with Gasteiger partial charge in [0, 0.05) is 6.66 Å². The molecule has 0 aliphatic heterocycles. The average molecular weight is 567 g/mol. The zero-order valence-electron chi connectivity index (χ0n) is 24.0. The molecular weight excluding hydrogens is 519 g/mol. The summed E-state index contributed by atoms with van der Waals surface area (Å²) in [7, 11) is -3.78. The molecule has 0 saturated carbocycles. The van der Waals surface area contributed by atoms with E-state index in [0.29, 0.717) is 38.9 Å². The fraction of sp³-hybridized carbons (Fsp3) is 0.586. The Bertz CT molecular complexity index is 909. The highest BCUT2D eigenvalue weighted by Crippen LogP contribution is 2.55. The highest BCUT2D eigenvalue weighted by Gasteiger charge is 2.49. The molecule has 10 heteroatoms. The molecule has 4 atom stereocenters. The van der Waals surface area contributed by atoms with Crippen LogP contribution in [0.2, 0.25) is 0 Å². The zero-order chi connectivity index (χ0) is 28.8. The smallest absolute Gasteiger partial charge is 0.329 e. The van der Waals surface area contributed by atoms with Crippen molar-refractivity contribution in [1.29, 1.82) is 0 Å².